The van der Waals surface area contributed by atoms with E-state index in [-0.39, 0.29) is 12.0 Å². The summed E-state index contributed by atoms with van der Waals surface area (Å²) >= 11 is 0. The van der Waals surface area contributed by atoms with Crippen molar-refractivity contribution in [3.8, 4) is 5.75 Å². The summed E-state index contributed by atoms with van der Waals surface area (Å²) in [5.41, 5.74) is 1.18. The Morgan fingerprint density at radius 3 is 2.65 bits per heavy atom. The third kappa shape index (κ3) is 5.56. The van der Waals surface area contributed by atoms with E-state index in [1.54, 1.807) is 7.11 Å². The molecule has 7 heteroatoms. The summed E-state index contributed by atoms with van der Waals surface area (Å²) in [6.07, 6.45) is 4.52. The van der Waals surface area contributed by atoms with Crippen LogP contribution in [-0.2, 0) is 28.8 Å². The first kappa shape index (κ1) is 18.4. The van der Waals surface area contributed by atoms with Gasteiger partial charge in [-0.05, 0) is 37.0 Å². The van der Waals surface area contributed by atoms with Gasteiger partial charge < -0.3 is 19.2 Å². The molecule has 1 fully saturated rings. The van der Waals surface area contributed by atoms with Crippen molar-refractivity contribution in [3.05, 3.63) is 41.6 Å². The molecule has 1 atom stereocenters. The summed E-state index contributed by atoms with van der Waals surface area (Å²) in [6, 6.07) is 7.91. The number of hydrogen-bond acceptors (Lipinski definition) is 6. The van der Waals surface area contributed by atoms with Gasteiger partial charge in [-0.15, -0.1) is 10.2 Å². The molecular formula is C19H25N3O4. The van der Waals surface area contributed by atoms with Crippen LogP contribution in [0.5, 0.6) is 5.75 Å². The number of nitrogens with one attached hydrogen (secondary N) is 1. The molecule has 1 amide bonds. The van der Waals surface area contributed by atoms with Crippen molar-refractivity contribution >= 4 is 5.91 Å². The monoisotopic (exact) mass is 359 g/mol. The lowest BCUT2D eigenvalue weighted by atomic mass is 10.1. The average Bonchev–Trinajstić information content (AvgIpc) is 3.35. The molecule has 0 aliphatic carbocycles. The first-order valence-electron chi connectivity index (χ1n) is 9.05. The number of aromatic nitrogens is 2. The number of carbonyl (C=O) groups excluding carboxylic acids is 1. The fraction of sp³-hybridized carbons (Fsp3) is 0.526. The molecule has 2 aromatic rings. The van der Waals surface area contributed by atoms with Crippen molar-refractivity contribution < 1.29 is 18.7 Å². The molecule has 0 unspecified atom stereocenters. The van der Waals surface area contributed by atoms with Crippen molar-refractivity contribution in [3.63, 3.8) is 0 Å². The lowest BCUT2D eigenvalue weighted by Crippen LogP contribution is -2.31. The summed E-state index contributed by atoms with van der Waals surface area (Å²) in [7, 11) is 1.65. The first-order chi connectivity index (χ1) is 12.7. The number of nitrogens with zero attached hydrogens (tertiary/aromatic N) is 2. The molecule has 1 saturated heterocycles. The Balaban J connectivity index is 1.37. The van der Waals surface area contributed by atoms with Crippen LogP contribution >= 0.6 is 0 Å². The Kier molecular flexibility index (Phi) is 6.60. The molecule has 1 N–H and O–H groups in total. The van der Waals surface area contributed by atoms with E-state index in [0.717, 1.165) is 31.6 Å². The number of benzene rings is 1. The maximum Gasteiger partial charge on any atom is 0.220 e. The quantitative estimate of drug-likeness (QED) is 0.738. The molecule has 140 valence electrons. The van der Waals surface area contributed by atoms with Gasteiger partial charge in [0.1, 0.15) is 5.75 Å². The molecule has 1 aromatic carbocycles. The van der Waals surface area contributed by atoms with E-state index in [2.05, 4.69) is 15.5 Å². The normalized spacial score (nSPS) is 16.6. The zero-order valence-electron chi connectivity index (χ0n) is 15.1. The van der Waals surface area contributed by atoms with Crippen LogP contribution < -0.4 is 10.1 Å². The zero-order chi connectivity index (χ0) is 18.2. The van der Waals surface area contributed by atoms with E-state index in [4.69, 9.17) is 13.9 Å². The van der Waals surface area contributed by atoms with Crippen LogP contribution in [0, 0.1) is 0 Å². The number of carbonyl (C=O) groups is 1. The lowest BCUT2D eigenvalue weighted by Gasteiger charge is -2.10. The number of methoxy groups -OCH3 is 1. The smallest absolute Gasteiger partial charge is 0.220 e. The second-order valence-electron chi connectivity index (χ2n) is 6.38. The molecule has 26 heavy (non-hydrogen) atoms. The highest BCUT2D eigenvalue weighted by Gasteiger charge is 2.16. The summed E-state index contributed by atoms with van der Waals surface area (Å²) < 4.78 is 16.3. The molecule has 2 heterocycles. The predicted octanol–water partition coefficient (Wildman–Crippen LogP) is 2.09. The fourth-order valence-corrected chi connectivity index (χ4v) is 2.88. The van der Waals surface area contributed by atoms with Crippen LogP contribution in [0.25, 0.3) is 0 Å². The fourth-order valence-electron chi connectivity index (χ4n) is 2.88. The number of ether oxygens (including phenoxy) is 2. The molecule has 1 aliphatic rings. The summed E-state index contributed by atoms with van der Waals surface area (Å²) in [4.78, 5) is 11.9. The lowest BCUT2D eigenvalue weighted by molar-refractivity contribution is -0.121. The number of amides is 1. The molecular weight excluding hydrogens is 334 g/mol. The third-order valence-electron chi connectivity index (χ3n) is 4.41. The van der Waals surface area contributed by atoms with Crippen LogP contribution in [0.4, 0.5) is 0 Å². The molecule has 3 rings (SSSR count). The SMILES string of the molecule is COc1ccc(CCc2nnc(CCC(=O)NC[C@H]3CCCO3)o2)cc1. The van der Waals surface area contributed by atoms with E-state index in [1.807, 2.05) is 24.3 Å². The maximum absolute atomic E-state index is 11.9. The summed E-state index contributed by atoms with van der Waals surface area (Å²) in [5.74, 6) is 1.92. The van der Waals surface area contributed by atoms with Crippen molar-refractivity contribution in [2.45, 2.75) is 44.6 Å². The largest absolute Gasteiger partial charge is 0.497 e. The standard InChI is InChI=1S/C19H25N3O4/c1-24-15-7-4-14(5-8-15)6-10-18-21-22-19(26-18)11-9-17(23)20-13-16-3-2-12-25-16/h4-5,7-8,16H,2-3,6,9-13H2,1H3,(H,20,23)/t16-/m1/s1. The van der Waals surface area contributed by atoms with Gasteiger partial charge in [0.15, 0.2) is 0 Å². The predicted molar refractivity (Wildman–Crippen MR) is 95.0 cm³/mol. The highest BCUT2D eigenvalue weighted by molar-refractivity contribution is 5.76. The van der Waals surface area contributed by atoms with E-state index in [9.17, 15) is 4.79 Å². The van der Waals surface area contributed by atoms with Gasteiger partial charge in [0.2, 0.25) is 17.7 Å². The minimum Gasteiger partial charge on any atom is -0.497 e. The van der Waals surface area contributed by atoms with Gasteiger partial charge in [-0.1, -0.05) is 12.1 Å². The Hall–Kier alpha value is -2.41. The van der Waals surface area contributed by atoms with Crippen LogP contribution in [0.2, 0.25) is 0 Å². The Labute approximate surface area is 153 Å². The van der Waals surface area contributed by atoms with Gasteiger partial charge in [-0.3, -0.25) is 4.79 Å². The molecule has 7 nitrogen and oxygen atoms in total. The van der Waals surface area contributed by atoms with E-state index >= 15 is 0 Å². The highest BCUT2D eigenvalue weighted by Crippen LogP contribution is 2.14. The van der Waals surface area contributed by atoms with Crippen molar-refractivity contribution in [2.24, 2.45) is 0 Å². The number of aryl methyl sites for hydroxylation is 3. The Morgan fingerprint density at radius 1 is 1.19 bits per heavy atom. The molecule has 1 aromatic heterocycles. The second kappa shape index (κ2) is 9.33. The van der Waals surface area contributed by atoms with Crippen molar-refractivity contribution in [1.82, 2.24) is 15.5 Å². The highest BCUT2D eigenvalue weighted by atomic mass is 16.5. The van der Waals surface area contributed by atoms with Crippen LogP contribution in [0.1, 0.15) is 36.6 Å². The summed E-state index contributed by atoms with van der Waals surface area (Å²) in [5, 5.41) is 11.0. The Morgan fingerprint density at radius 2 is 1.96 bits per heavy atom. The topological polar surface area (TPSA) is 86.5 Å². The zero-order valence-corrected chi connectivity index (χ0v) is 15.1. The average molecular weight is 359 g/mol. The summed E-state index contributed by atoms with van der Waals surface area (Å²) in [6.45, 7) is 1.37. The number of hydrogen-bond donors (Lipinski definition) is 1. The van der Waals surface area contributed by atoms with E-state index in [0.29, 0.717) is 37.6 Å². The van der Waals surface area contributed by atoms with E-state index in [1.165, 1.54) is 5.56 Å². The minimum absolute atomic E-state index is 0.0153. The van der Waals surface area contributed by atoms with Gasteiger partial charge >= 0.3 is 0 Å². The molecule has 0 bridgehead atoms. The van der Waals surface area contributed by atoms with Gasteiger partial charge in [-0.2, -0.15) is 0 Å². The number of rotatable bonds is 9. The third-order valence-corrected chi connectivity index (χ3v) is 4.41. The van der Waals surface area contributed by atoms with Crippen molar-refractivity contribution in [1.29, 1.82) is 0 Å². The maximum atomic E-state index is 11.9. The second-order valence-corrected chi connectivity index (χ2v) is 6.38. The van der Waals surface area contributed by atoms with E-state index < -0.39 is 0 Å². The molecule has 0 radical (unpaired) electrons. The van der Waals surface area contributed by atoms with Gasteiger partial charge in [0.05, 0.1) is 13.2 Å². The van der Waals surface area contributed by atoms with Gasteiger partial charge in [0.25, 0.3) is 0 Å². The van der Waals surface area contributed by atoms with Crippen molar-refractivity contribution in [2.75, 3.05) is 20.3 Å². The molecule has 0 saturated carbocycles. The Bertz CT molecular complexity index is 693. The molecule has 1 aliphatic heterocycles. The first-order valence-corrected chi connectivity index (χ1v) is 9.05. The van der Waals surface area contributed by atoms with Crippen LogP contribution in [0.3, 0.4) is 0 Å². The van der Waals surface area contributed by atoms with Gasteiger partial charge in [0, 0.05) is 32.4 Å². The van der Waals surface area contributed by atoms with Crippen LogP contribution in [-0.4, -0.2) is 42.5 Å². The van der Waals surface area contributed by atoms with Crippen LogP contribution in [0.15, 0.2) is 28.7 Å². The van der Waals surface area contributed by atoms with Gasteiger partial charge in [-0.25, -0.2) is 0 Å². The minimum atomic E-state index is -0.0153. The molecule has 0 spiro atoms.